The van der Waals surface area contributed by atoms with Crippen LogP contribution in [0.25, 0.3) is 0 Å². The lowest BCUT2D eigenvalue weighted by atomic mass is 9.74. The highest BCUT2D eigenvalue weighted by Crippen LogP contribution is 2.38. The van der Waals surface area contributed by atoms with Gasteiger partial charge < -0.3 is 0 Å². The van der Waals surface area contributed by atoms with Crippen molar-refractivity contribution in [1.82, 2.24) is 0 Å². The number of allylic oxidation sites excluding steroid dienone is 2. The Labute approximate surface area is 200 Å². The van der Waals surface area contributed by atoms with Crippen LogP contribution in [-0.2, 0) is 19.6 Å². The number of benzene rings is 2. The Bertz CT molecular complexity index is 1000. The summed E-state index contributed by atoms with van der Waals surface area (Å²) in [5.41, 5.74) is 3.15. The number of rotatable bonds is 7. The molecule has 1 fully saturated rings. The highest BCUT2D eigenvalue weighted by molar-refractivity contribution is 5.89. The zero-order valence-electron chi connectivity index (χ0n) is 19.8. The monoisotopic (exact) mass is 464 g/mol. The van der Waals surface area contributed by atoms with Gasteiger partial charge in [-0.25, -0.2) is 14.5 Å². The summed E-state index contributed by atoms with van der Waals surface area (Å²) < 4.78 is 0. The molecule has 0 radical (unpaired) electrons. The molecule has 1 saturated carbocycles. The zero-order chi connectivity index (χ0) is 23.9. The van der Waals surface area contributed by atoms with Crippen molar-refractivity contribution in [3.05, 3.63) is 82.6 Å². The van der Waals surface area contributed by atoms with E-state index in [4.69, 9.17) is 19.6 Å². The normalized spacial score (nSPS) is 22.4. The summed E-state index contributed by atoms with van der Waals surface area (Å²) in [5, 5.41) is 0. The van der Waals surface area contributed by atoms with Crippen LogP contribution in [-0.4, -0.2) is 18.0 Å². The van der Waals surface area contributed by atoms with Gasteiger partial charge in [-0.05, 0) is 94.5 Å². The van der Waals surface area contributed by atoms with Crippen LogP contribution in [0.2, 0.25) is 0 Å². The molecule has 0 aliphatic heterocycles. The maximum Gasteiger partial charge on any atom is 0.386 e. The van der Waals surface area contributed by atoms with Gasteiger partial charge in [0.05, 0.1) is 11.1 Å². The highest BCUT2D eigenvalue weighted by atomic mass is 17.2. The summed E-state index contributed by atoms with van der Waals surface area (Å²) in [7, 11) is 0. The summed E-state index contributed by atoms with van der Waals surface area (Å²) in [6.07, 6.45) is 8.52. The van der Waals surface area contributed by atoms with E-state index in [0.717, 1.165) is 61.8 Å². The molecule has 34 heavy (non-hydrogen) atoms. The Balaban J connectivity index is 1.15. The van der Waals surface area contributed by atoms with E-state index in [0.29, 0.717) is 23.0 Å². The van der Waals surface area contributed by atoms with Crippen molar-refractivity contribution in [2.45, 2.75) is 64.9 Å². The average Bonchev–Trinajstić information content (AvgIpc) is 2.87. The Hall–Kier alpha value is -3.12. The molecule has 0 amide bonds. The Kier molecular flexibility index (Phi) is 8.01. The molecule has 0 saturated heterocycles. The molecule has 180 valence electrons. The third-order valence-electron chi connectivity index (χ3n) is 6.85. The molecule has 2 aliphatic carbocycles. The number of carbonyl (C=O) groups is 2. The lowest BCUT2D eigenvalue weighted by Gasteiger charge is -2.34. The van der Waals surface area contributed by atoms with E-state index in [2.05, 4.69) is 0 Å². The van der Waals surface area contributed by atoms with Crippen molar-refractivity contribution in [2.75, 3.05) is 0 Å². The van der Waals surface area contributed by atoms with Crippen molar-refractivity contribution in [3.8, 4) is 0 Å². The Morgan fingerprint density at radius 2 is 1.26 bits per heavy atom. The standard InChI is InChI=1S/C28H32O6/c1-19-3-7-23(8-4-19)27(29)33-31-25-15-11-21(12-16-25)22-13-17-26(18-14-22)32-34-28(30)24-9-5-20(2)6-10-24/h3-10,15,21-22,26H,11-14,16-18H2,1-2H3. The first kappa shape index (κ1) is 24.0. The molecule has 0 N–H and O–H groups in total. The Morgan fingerprint density at radius 1 is 0.706 bits per heavy atom. The van der Waals surface area contributed by atoms with Crippen molar-refractivity contribution in [3.63, 3.8) is 0 Å². The fourth-order valence-corrected chi connectivity index (χ4v) is 4.67. The summed E-state index contributed by atoms with van der Waals surface area (Å²) in [4.78, 5) is 45.1. The molecular formula is C28H32O6. The van der Waals surface area contributed by atoms with Gasteiger partial charge in [0.25, 0.3) is 0 Å². The molecule has 2 aliphatic rings. The SMILES string of the molecule is Cc1ccc(C(=O)OOC2=CCC(C3CCC(OOC(=O)c4ccc(C)cc4)CC3)CC2)cc1. The first-order valence-electron chi connectivity index (χ1n) is 12.1. The van der Waals surface area contributed by atoms with Gasteiger partial charge in [-0.2, -0.15) is 4.89 Å². The van der Waals surface area contributed by atoms with Gasteiger partial charge >= 0.3 is 11.9 Å². The van der Waals surface area contributed by atoms with Crippen molar-refractivity contribution in [2.24, 2.45) is 11.8 Å². The first-order chi connectivity index (χ1) is 16.5. The number of aryl methyl sites for hydroxylation is 2. The fourth-order valence-electron chi connectivity index (χ4n) is 4.67. The summed E-state index contributed by atoms with van der Waals surface area (Å²) in [5.74, 6) is 0.980. The largest absolute Gasteiger partial charge is 0.386 e. The van der Waals surface area contributed by atoms with E-state index in [1.165, 1.54) is 0 Å². The minimum Gasteiger partial charge on any atom is -0.293 e. The van der Waals surface area contributed by atoms with E-state index in [-0.39, 0.29) is 6.10 Å². The molecule has 2 aromatic carbocycles. The van der Waals surface area contributed by atoms with E-state index in [1.54, 1.807) is 24.3 Å². The predicted molar refractivity (Wildman–Crippen MR) is 127 cm³/mol. The van der Waals surface area contributed by atoms with Crippen LogP contribution in [0.4, 0.5) is 0 Å². The molecule has 0 heterocycles. The molecule has 1 atom stereocenters. The van der Waals surface area contributed by atoms with E-state index in [9.17, 15) is 9.59 Å². The topological polar surface area (TPSA) is 71.1 Å². The molecule has 4 rings (SSSR count). The summed E-state index contributed by atoms with van der Waals surface area (Å²) >= 11 is 0. The number of hydrogen-bond donors (Lipinski definition) is 0. The van der Waals surface area contributed by atoms with Crippen LogP contribution in [0.1, 0.15) is 76.8 Å². The van der Waals surface area contributed by atoms with Gasteiger partial charge in [-0.1, -0.05) is 35.4 Å². The van der Waals surface area contributed by atoms with Gasteiger partial charge in [-0.15, -0.1) is 0 Å². The third-order valence-corrected chi connectivity index (χ3v) is 6.85. The average molecular weight is 465 g/mol. The van der Waals surface area contributed by atoms with Crippen molar-refractivity contribution in [1.29, 1.82) is 0 Å². The van der Waals surface area contributed by atoms with Gasteiger partial charge in [0, 0.05) is 6.42 Å². The highest BCUT2D eigenvalue weighted by Gasteiger charge is 2.30. The molecule has 6 heteroatoms. The molecule has 0 spiro atoms. The van der Waals surface area contributed by atoms with Crippen molar-refractivity contribution < 1.29 is 29.1 Å². The minimum atomic E-state index is -0.482. The van der Waals surface area contributed by atoms with Crippen molar-refractivity contribution >= 4 is 11.9 Å². The molecule has 0 aromatic heterocycles. The third kappa shape index (κ3) is 6.48. The minimum absolute atomic E-state index is 0.0511. The van der Waals surface area contributed by atoms with E-state index < -0.39 is 11.9 Å². The van der Waals surface area contributed by atoms with Gasteiger partial charge in [0.2, 0.25) is 0 Å². The second kappa shape index (κ2) is 11.3. The van der Waals surface area contributed by atoms with Crippen LogP contribution in [0, 0.1) is 25.7 Å². The van der Waals surface area contributed by atoms with Crippen LogP contribution >= 0.6 is 0 Å². The Morgan fingerprint density at radius 3 is 1.79 bits per heavy atom. The second-order valence-corrected chi connectivity index (χ2v) is 9.39. The lowest BCUT2D eigenvalue weighted by molar-refractivity contribution is -0.281. The second-order valence-electron chi connectivity index (χ2n) is 9.39. The molecular weight excluding hydrogens is 432 g/mol. The quantitative estimate of drug-likeness (QED) is 0.348. The van der Waals surface area contributed by atoms with Gasteiger partial charge in [-0.3, -0.25) is 9.78 Å². The maximum atomic E-state index is 12.1. The first-order valence-corrected chi connectivity index (χ1v) is 12.1. The number of hydrogen-bond acceptors (Lipinski definition) is 6. The van der Waals surface area contributed by atoms with Crippen LogP contribution < -0.4 is 0 Å². The van der Waals surface area contributed by atoms with E-state index >= 15 is 0 Å². The molecule has 2 aromatic rings. The van der Waals surface area contributed by atoms with E-state index in [1.807, 2.05) is 44.2 Å². The summed E-state index contributed by atoms with van der Waals surface area (Å²) in [6.45, 7) is 3.94. The van der Waals surface area contributed by atoms with Crippen LogP contribution in [0.5, 0.6) is 0 Å². The van der Waals surface area contributed by atoms with Gasteiger partial charge in [0.1, 0.15) is 6.10 Å². The smallest absolute Gasteiger partial charge is 0.293 e. The zero-order valence-corrected chi connectivity index (χ0v) is 19.8. The predicted octanol–water partition coefficient (Wildman–Crippen LogP) is 6.42. The lowest BCUT2D eigenvalue weighted by Crippen LogP contribution is -2.28. The number of carbonyl (C=O) groups excluding carboxylic acids is 2. The molecule has 1 unspecified atom stereocenters. The maximum absolute atomic E-state index is 12.1. The van der Waals surface area contributed by atoms with Crippen LogP contribution in [0.15, 0.2) is 60.4 Å². The van der Waals surface area contributed by atoms with Gasteiger partial charge in [0.15, 0.2) is 5.76 Å². The van der Waals surface area contributed by atoms with Crippen LogP contribution in [0.3, 0.4) is 0 Å². The fraction of sp³-hybridized carbons (Fsp3) is 0.429. The molecule has 6 nitrogen and oxygen atoms in total. The summed E-state index contributed by atoms with van der Waals surface area (Å²) in [6, 6.07) is 14.5. The molecule has 0 bridgehead atoms.